The summed E-state index contributed by atoms with van der Waals surface area (Å²) in [7, 11) is 0. The van der Waals surface area contributed by atoms with Gasteiger partial charge in [-0.25, -0.2) is 0 Å². The molecule has 1 saturated heterocycles. The van der Waals surface area contributed by atoms with Crippen molar-refractivity contribution in [3.05, 3.63) is 40.5 Å². The van der Waals surface area contributed by atoms with Crippen LogP contribution in [0.1, 0.15) is 17.9 Å². The van der Waals surface area contributed by atoms with E-state index >= 15 is 0 Å². The summed E-state index contributed by atoms with van der Waals surface area (Å²) in [5.41, 5.74) is 2.52. The predicted octanol–water partition coefficient (Wildman–Crippen LogP) is 3.07. The highest BCUT2D eigenvalue weighted by atomic mass is 79.9. The number of rotatable bonds is 1. The molecule has 2 heterocycles. The number of nitrogens with one attached hydrogen (secondary N) is 1. The van der Waals surface area contributed by atoms with E-state index in [1.165, 1.54) is 17.4 Å². The van der Waals surface area contributed by atoms with Crippen LogP contribution in [0.5, 0.6) is 0 Å². The monoisotopic (exact) mass is 276 g/mol. The van der Waals surface area contributed by atoms with E-state index in [-0.39, 0.29) is 0 Å². The smallest absolute Gasteiger partial charge is 0.0748 e. The zero-order valence-corrected chi connectivity index (χ0v) is 10.5. The second kappa shape index (κ2) is 4.15. The average Bonchev–Trinajstić information content (AvgIpc) is 2.83. The third-order valence-electron chi connectivity index (χ3n) is 3.25. The van der Waals surface area contributed by atoms with Crippen molar-refractivity contribution in [1.82, 2.24) is 10.3 Å². The summed E-state index contributed by atoms with van der Waals surface area (Å²) in [6.45, 7) is 2.20. The fraction of sp³-hybridized carbons (Fsp3) is 0.308. The molecule has 2 aromatic rings. The Balaban J connectivity index is 2.21. The fourth-order valence-corrected chi connectivity index (χ4v) is 2.86. The summed E-state index contributed by atoms with van der Waals surface area (Å²) >= 11 is 3.58. The third kappa shape index (κ3) is 1.64. The van der Waals surface area contributed by atoms with Crippen molar-refractivity contribution >= 4 is 26.8 Å². The molecule has 0 saturated carbocycles. The molecule has 1 aliphatic heterocycles. The van der Waals surface area contributed by atoms with Crippen molar-refractivity contribution in [2.45, 2.75) is 12.3 Å². The number of nitrogens with zero attached hydrogens (tertiary/aromatic N) is 1. The van der Waals surface area contributed by atoms with Gasteiger partial charge < -0.3 is 5.32 Å². The van der Waals surface area contributed by atoms with E-state index in [0.717, 1.165) is 23.1 Å². The molecule has 1 aromatic heterocycles. The molecule has 0 spiro atoms. The van der Waals surface area contributed by atoms with E-state index in [4.69, 9.17) is 0 Å². The molecule has 16 heavy (non-hydrogen) atoms. The highest BCUT2D eigenvalue weighted by Crippen LogP contribution is 2.31. The van der Waals surface area contributed by atoms with Gasteiger partial charge in [0, 0.05) is 22.6 Å². The zero-order chi connectivity index (χ0) is 11.0. The largest absolute Gasteiger partial charge is 0.316 e. The predicted molar refractivity (Wildman–Crippen MR) is 69.7 cm³/mol. The topological polar surface area (TPSA) is 24.9 Å². The fourth-order valence-electron chi connectivity index (χ4n) is 2.41. The molecule has 1 unspecified atom stereocenters. The number of fused-ring (bicyclic) bond motifs is 1. The summed E-state index contributed by atoms with van der Waals surface area (Å²) in [4.78, 5) is 4.53. The van der Waals surface area contributed by atoms with E-state index in [2.05, 4.69) is 44.4 Å². The molecule has 1 aromatic carbocycles. The Bertz CT molecular complexity index is 518. The van der Waals surface area contributed by atoms with Crippen LogP contribution in [0.15, 0.2) is 34.9 Å². The molecule has 0 bridgehead atoms. The van der Waals surface area contributed by atoms with Gasteiger partial charge >= 0.3 is 0 Å². The Morgan fingerprint density at radius 3 is 3.06 bits per heavy atom. The standard InChI is InChI=1S/C13H13BrN2/c14-12-4-3-10(9-5-7-15-8-9)13-11(12)2-1-6-16-13/h1-4,6,9,15H,5,7-8H2. The lowest BCUT2D eigenvalue weighted by Gasteiger charge is -2.12. The number of halogens is 1. The number of benzene rings is 1. The van der Waals surface area contributed by atoms with Gasteiger partial charge in [0.25, 0.3) is 0 Å². The molecule has 3 heteroatoms. The minimum atomic E-state index is 0.616. The van der Waals surface area contributed by atoms with Gasteiger partial charge in [-0.05, 0) is 36.6 Å². The highest BCUT2D eigenvalue weighted by Gasteiger charge is 2.19. The molecule has 3 rings (SSSR count). The summed E-state index contributed by atoms with van der Waals surface area (Å²) in [5.74, 6) is 0.616. The Hall–Kier alpha value is -0.930. The van der Waals surface area contributed by atoms with Crippen LogP contribution in [0.4, 0.5) is 0 Å². The lowest BCUT2D eigenvalue weighted by Crippen LogP contribution is -2.08. The molecule has 1 atom stereocenters. The molecule has 2 nitrogen and oxygen atoms in total. The highest BCUT2D eigenvalue weighted by molar-refractivity contribution is 9.10. The Kier molecular flexibility index (Phi) is 2.65. The van der Waals surface area contributed by atoms with Gasteiger partial charge in [0.1, 0.15) is 0 Å². The van der Waals surface area contributed by atoms with E-state index in [9.17, 15) is 0 Å². The van der Waals surface area contributed by atoms with Crippen LogP contribution in [-0.4, -0.2) is 18.1 Å². The SMILES string of the molecule is Brc1ccc(C2CCNC2)c2ncccc12. The van der Waals surface area contributed by atoms with Gasteiger partial charge in [0.15, 0.2) is 0 Å². The van der Waals surface area contributed by atoms with Gasteiger partial charge in [-0.2, -0.15) is 0 Å². The number of pyridine rings is 1. The molecular weight excluding hydrogens is 264 g/mol. The molecule has 1 N–H and O–H groups in total. The number of aromatic nitrogens is 1. The maximum absolute atomic E-state index is 4.53. The van der Waals surface area contributed by atoms with Gasteiger partial charge in [-0.15, -0.1) is 0 Å². The third-order valence-corrected chi connectivity index (χ3v) is 3.94. The lowest BCUT2D eigenvalue weighted by atomic mass is 9.96. The van der Waals surface area contributed by atoms with Crippen molar-refractivity contribution in [2.24, 2.45) is 0 Å². The van der Waals surface area contributed by atoms with Crippen LogP contribution in [0, 0.1) is 0 Å². The first kappa shape index (κ1) is 10.2. The van der Waals surface area contributed by atoms with Crippen molar-refractivity contribution in [3.8, 4) is 0 Å². The normalized spacial score (nSPS) is 20.4. The Morgan fingerprint density at radius 1 is 1.31 bits per heavy atom. The van der Waals surface area contributed by atoms with E-state index in [1.807, 2.05) is 12.3 Å². The van der Waals surface area contributed by atoms with Crippen LogP contribution < -0.4 is 5.32 Å². The van der Waals surface area contributed by atoms with Crippen molar-refractivity contribution in [3.63, 3.8) is 0 Å². The first-order valence-corrected chi connectivity index (χ1v) is 6.39. The number of hydrogen-bond acceptors (Lipinski definition) is 2. The molecule has 82 valence electrons. The minimum Gasteiger partial charge on any atom is -0.316 e. The van der Waals surface area contributed by atoms with E-state index in [1.54, 1.807) is 0 Å². The van der Waals surface area contributed by atoms with Crippen LogP contribution in [0.3, 0.4) is 0 Å². The Labute approximate surface area is 103 Å². The van der Waals surface area contributed by atoms with Crippen LogP contribution in [0.25, 0.3) is 10.9 Å². The average molecular weight is 277 g/mol. The van der Waals surface area contributed by atoms with Crippen molar-refractivity contribution < 1.29 is 0 Å². The van der Waals surface area contributed by atoms with E-state index < -0.39 is 0 Å². The van der Waals surface area contributed by atoms with Gasteiger partial charge in [0.2, 0.25) is 0 Å². The van der Waals surface area contributed by atoms with Crippen molar-refractivity contribution in [2.75, 3.05) is 13.1 Å². The van der Waals surface area contributed by atoms with Crippen LogP contribution in [0.2, 0.25) is 0 Å². The second-order valence-corrected chi connectivity index (χ2v) is 5.08. The molecule has 0 aliphatic carbocycles. The lowest BCUT2D eigenvalue weighted by molar-refractivity contribution is 0.768. The quantitative estimate of drug-likeness (QED) is 0.866. The zero-order valence-electron chi connectivity index (χ0n) is 8.91. The maximum Gasteiger partial charge on any atom is 0.0748 e. The van der Waals surface area contributed by atoms with Crippen LogP contribution in [-0.2, 0) is 0 Å². The summed E-state index contributed by atoms with van der Waals surface area (Å²) in [6.07, 6.45) is 3.09. The first-order chi connectivity index (χ1) is 7.86. The van der Waals surface area contributed by atoms with Crippen LogP contribution >= 0.6 is 15.9 Å². The summed E-state index contributed by atoms with van der Waals surface area (Å²) in [5, 5.41) is 4.63. The second-order valence-electron chi connectivity index (χ2n) is 4.23. The van der Waals surface area contributed by atoms with E-state index in [0.29, 0.717) is 5.92 Å². The molecule has 0 radical (unpaired) electrons. The first-order valence-electron chi connectivity index (χ1n) is 5.60. The van der Waals surface area contributed by atoms with Gasteiger partial charge in [-0.3, -0.25) is 4.98 Å². The summed E-state index contributed by atoms with van der Waals surface area (Å²) in [6, 6.07) is 8.46. The Morgan fingerprint density at radius 2 is 2.25 bits per heavy atom. The molecular formula is C13H13BrN2. The summed E-state index contributed by atoms with van der Waals surface area (Å²) < 4.78 is 1.13. The molecule has 1 aliphatic rings. The number of hydrogen-bond donors (Lipinski definition) is 1. The minimum absolute atomic E-state index is 0.616. The maximum atomic E-state index is 4.53. The molecule has 0 amide bonds. The molecule has 1 fully saturated rings. The van der Waals surface area contributed by atoms with Crippen molar-refractivity contribution in [1.29, 1.82) is 0 Å². The van der Waals surface area contributed by atoms with Gasteiger partial charge in [-0.1, -0.05) is 28.1 Å². The van der Waals surface area contributed by atoms with Gasteiger partial charge in [0.05, 0.1) is 5.52 Å².